The Morgan fingerprint density at radius 3 is 1.86 bits per heavy atom. The van der Waals surface area contributed by atoms with Gasteiger partial charge < -0.3 is 20.0 Å². The molecule has 4 heterocycles. The number of hydrogen-bond donors (Lipinski definition) is 1. The Balaban J connectivity index is 1.16. The molecule has 0 aromatic carbocycles. The minimum Gasteiger partial charge on any atom is -0.343 e. The number of likely N-dealkylation sites (N-methyl/N-ethyl adjacent to an activating group) is 1. The van der Waals surface area contributed by atoms with Crippen LogP contribution in [0.5, 0.6) is 0 Å². The summed E-state index contributed by atoms with van der Waals surface area (Å²) in [5, 5.41) is 3.67. The molecule has 28 heavy (non-hydrogen) atoms. The number of hydrogen-bond acceptors (Lipinski definition) is 4. The SMILES string of the molecule is CCN1CCN(C(=O)CC2CCN(C(=O)CC3CC4CCC(C3)N4)CC2)CC1. The van der Waals surface area contributed by atoms with Gasteiger partial charge in [-0.15, -0.1) is 0 Å². The summed E-state index contributed by atoms with van der Waals surface area (Å²) in [6.45, 7) is 8.72. The molecule has 2 atom stereocenters. The van der Waals surface area contributed by atoms with Crippen molar-refractivity contribution >= 4 is 11.8 Å². The van der Waals surface area contributed by atoms with Crippen LogP contribution in [0, 0.1) is 11.8 Å². The second-order valence-corrected chi connectivity index (χ2v) is 9.52. The predicted molar refractivity (Wildman–Crippen MR) is 110 cm³/mol. The highest BCUT2D eigenvalue weighted by atomic mass is 16.2. The second kappa shape index (κ2) is 9.12. The average molecular weight is 391 g/mol. The molecule has 0 aromatic rings. The van der Waals surface area contributed by atoms with Gasteiger partial charge in [0.2, 0.25) is 11.8 Å². The lowest BCUT2D eigenvalue weighted by Gasteiger charge is -2.37. The molecule has 0 saturated carbocycles. The summed E-state index contributed by atoms with van der Waals surface area (Å²) in [6, 6.07) is 1.32. The third-order valence-corrected chi connectivity index (χ3v) is 7.64. The van der Waals surface area contributed by atoms with Crippen molar-refractivity contribution in [2.75, 3.05) is 45.8 Å². The molecule has 4 saturated heterocycles. The van der Waals surface area contributed by atoms with Gasteiger partial charge in [0, 0.05) is 64.2 Å². The maximum Gasteiger partial charge on any atom is 0.222 e. The van der Waals surface area contributed by atoms with Crippen LogP contribution in [0.2, 0.25) is 0 Å². The van der Waals surface area contributed by atoms with Crippen LogP contribution >= 0.6 is 0 Å². The topological polar surface area (TPSA) is 55.9 Å². The fourth-order valence-corrected chi connectivity index (χ4v) is 5.79. The first-order valence-electron chi connectivity index (χ1n) is 11.6. The van der Waals surface area contributed by atoms with E-state index in [0.29, 0.717) is 42.2 Å². The minimum absolute atomic E-state index is 0.325. The number of piperazine rings is 1. The smallest absolute Gasteiger partial charge is 0.222 e. The summed E-state index contributed by atoms with van der Waals surface area (Å²) in [7, 11) is 0. The molecule has 6 nitrogen and oxygen atoms in total. The van der Waals surface area contributed by atoms with Gasteiger partial charge in [-0.25, -0.2) is 0 Å². The number of amides is 2. The minimum atomic E-state index is 0.325. The van der Waals surface area contributed by atoms with E-state index < -0.39 is 0 Å². The van der Waals surface area contributed by atoms with Gasteiger partial charge in [0.15, 0.2) is 0 Å². The van der Waals surface area contributed by atoms with E-state index in [0.717, 1.165) is 65.1 Å². The van der Waals surface area contributed by atoms with Gasteiger partial charge in [-0.3, -0.25) is 9.59 Å². The normalized spacial score (nSPS) is 32.0. The zero-order valence-electron chi connectivity index (χ0n) is 17.6. The first-order chi connectivity index (χ1) is 13.6. The second-order valence-electron chi connectivity index (χ2n) is 9.52. The number of nitrogens with zero attached hydrogens (tertiary/aromatic N) is 3. The van der Waals surface area contributed by atoms with Crippen LogP contribution in [0.3, 0.4) is 0 Å². The van der Waals surface area contributed by atoms with Crippen molar-refractivity contribution in [2.24, 2.45) is 11.8 Å². The molecule has 2 unspecified atom stereocenters. The third-order valence-electron chi connectivity index (χ3n) is 7.64. The van der Waals surface area contributed by atoms with Gasteiger partial charge in [-0.1, -0.05) is 6.92 Å². The molecule has 0 radical (unpaired) electrons. The van der Waals surface area contributed by atoms with E-state index in [1.54, 1.807) is 0 Å². The fourth-order valence-electron chi connectivity index (χ4n) is 5.79. The highest BCUT2D eigenvalue weighted by Gasteiger charge is 2.35. The van der Waals surface area contributed by atoms with Crippen molar-refractivity contribution in [2.45, 2.75) is 70.4 Å². The number of carbonyl (C=O) groups is 2. The van der Waals surface area contributed by atoms with Crippen molar-refractivity contribution in [3.05, 3.63) is 0 Å². The van der Waals surface area contributed by atoms with Crippen molar-refractivity contribution in [3.8, 4) is 0 Å². The number of rotatable bonds is 5. The van der Waals surface area contributed by atoms with Crippen LogP contribution in [-0.2, 0) is 9.59 Å². The lowest BCUT2D eigenvalue weighted by Crippen LogP contribution is -2.49. The summed E-state index contributed by atoms with van der Waals surface area (Å²) in [5.41, 5.74) is 0. The Labute approximate surface area is 170 Å². The van der Waals surface area contributed by atoms with Crippen molar-refractivity contribution in [3.63, 3.8) is 0 Å². The van der Waals surface area contributed by atoms with Crippen LogP contribution in [0.25, 0.3) is 0 Å². The van der Waals surface area contributed by atoms with Gasteiger partial charge in [0.1, 0.15) is 0 Å². The van der Waals surface area contributed by atoms with Crippen molar-refractivity contribution in [1.29, 1.82) is 0 Å². The van der Waals surface area contributed by atoms with E-state index >= 15 is 0 Å². The molecule has 2 bridgehead atoms. The van der Waals surface area contributed by atoms with E-state index in [1.165, 1.54) is 25.7 Å². The monoisotopic (exact) mass is 390 g/mol. The summed E-state index contributed by atoms with van der Waals surface area (Å²) in [5.74, 6) is 1.71. The first kappa shape index (κ1) is 20.1. The molecule has 2 amide bonds. The predicted octanol–water partition coefficient (Wildman–Crippen LogP) is 1.70. The van der Waals surface area contributed by atoms with E-state index in [1.807, 2.05) is 0 Å². The molecular weight excluding hydrogens is 352 g/mol. The Kier molecular flexibility index (Phi) is 6.56. The van der Waals surface area contributed by atoms with Gasteiger partial charge in [0.25, 0.3) is 0 Å². The number of piperidine rings is 2. The van der Waals surface area contributed by atoms with Gasteiger partial charge in [-0.2, -0.15) is 0 Å². The third kappa shape index (κ3) is 4.88. The number of fused-ring (bicyclic) bond motifs is 2. The summed E-state index contributed by atoms with van der Waals surface area (Å²) in [4.78, 5) is 31.9. The molecule has 6 heteroatoms. The molecule has 0 aromatic heterocycles. The van der Waals surface area contributed by atoms with Gasteiger partial charge in [0.05, 0.1) is 0 Å². The van der Waals surface area contributed by atoms with E-state index in [2.05, 4.69) is 26.9 Å². The Morgan fingerprint density at radius 1 is 0.750 bits per heavy atom. The summed E-state index contributed by atoms with van der Waals surface area (Å²) >= 11 is 0. The maximum absolute atomic E-state index is 12.8. The van der Waals surface area contributed by atoms with Crippen LogP contribution in [0.15, 0.2) is 0 Å². The van der Waals surface area contributed by atoms with E-state index in [-0.39, 0.29) is 0 Å². The molecule has 4 fully saturated rings. The lowest BCUT2D eigenvalue weighted by molar-refractivity contribution is -0.135. The summed E-state index contributed by atoms with van der Waals surface area (Å²) < 4.78 is 0. The van der Waals surface area contributed by atoms with Crippen LogP contribution in [0.4, 0.5) is 0 Å². The van der Waals surface area contributed by atoms with Crippen LogP contribution < -0.4 is 5.32 Å². The molecule has 4 aliphatic heterocycles. The Bertz CT molecular complexity index is 541. The maximum atomic E-state index is 12.8. The quantitative estimate of drug-likeness (QED) is 0.776. The molecule has 1 N–H and O–H groups in total. The molecule has 158 valence electrons. The van der Waals surface area contributed by atoms with Crippen LogP contribution in [-0.4, -0.2) is 84.4 Å². The standard InChI is InChI=1S/C22H38N4O2/c1-2-24-9-11-26(12-10-24)21(27)15-17-5-7-25(8-6-17)22(28)16-18-13-19-3-4-20(14-18)23-19/h17-20,23H,2-16H2,1H3. The number of likely N-dealkylation sites (tertiary alicyclic amines) is 1. The zero-order chi connectivity index (χ0) is 19.5. The molecular formula is C22H38N4O2. The lowest BCUT2D eigenvalue weighted by atomic mass is 9.88. The molecule has 4 aliphatic rings. The number of carbonyl (C=O) groups excluding carboxylic acids is 2. The zero-order valence-corrected chi connectivity index (χ0v) is 17.6. The highest BCUT2D eigenvalue weighted by molar-refractivity contribution is 5.77. The Morgan fingerprint density at radius 2 is 1.29 bits per heavy atom. The fraction of sp³-hybridized carbons (Fsp3) is 0.909. The van der Waals surface area contributed by atoms with Crippen molar-refractivity contribution < 1.29 is 9.59 Å². The molecule has 0 spiro atoms. The van der Waals surface area contributed by atoms with Gasteiger partial charge >= 0.3 is 0 Å². The van der Waals surface area contributed by atoms with Crippen molar-refractivity contribution in [1.82, 2.24) is 20.0 Å². The molecule has 4 rings (SSSR count). The van der Waals surface area contributed by atoms with E-state index in [9.17, 15) is 9.59 Å². The largest absolute Gasteiger partial charge is 0.343 e. The Hall–Kier alpha value is -1.14. The highest BCUT2D eigenvalue weighted by Crippen LogP contribution is 2.33. The number of nitrogens with one attached hydrogen (secondary N) is 1. The van der Waals surface area contributed by atoms with Crippen LogP contribution in [0.1, 0.15) is 58.3 Å². The summed E-state index contributed by atoms with van der Waals surface area (Å²) in [6.07, 6.45) is 8.33. The average Bonchev–Trinajstić information content (AvgIpc) is 3.06. The first-order valence-corrected chi connectivity index (χ1v) is 11.6. The molecule has 0 aliphatic carbocycles. The van der Waals surface area contributed by atoms with E-state index in [4.69, 9.17) is 0 Å². The van der Waals surface area contributed by atoms with Gasteiger partial charge in [-0.05, 0) is 56.9 Å².